The Bertz CT molecular complexity index is 1170. The molecule has 0 saturated heterocycles. The molecule has 4 rings (SSSR count). The van der Waals surface area contributed by atoms with Gasteiger partial charge >= 0.3 is 0 Å². The van der Waals surface area contributed by atoms with E-state index in [0.717, 1.165) is 25.7 Å². The maximum Gasteiger partial charge on any atom is 0.251 e. The molecule has 1 aliphatic heterocycles. The topological polar surface area (TPSA) is 114 Å². The molecule has 34 heavy (non-hydrogen) atoms. The van der Waals surface area contributed by atoms with Crippen LogP contribution < -0.4 is 20.1 Å². The molecule has 0 unspecified atom stereocenters. The molecule has 0 aromatic heterocycles. The highest BCUT2D eigenvalue weighted by Gasteiger charge is 2.44. The summed E-state index contributed by atoms with van der Waals surface area (Å²) in [6.45, 7) is 4.02. The number of benzene rings is 2. The van der Waals surface area contributed by atoms with E-state index in [1.54, 1.807) is 32.0 Å². The molecule has 1 saturated carbocycles. The molecule has 182 valence electrons. The molecule has 1 spiro atoms. The van der Waals surface area contributed by atoms with Crippen LogP contribution in [-0.4, -0.2) is 50.0 Å². The Balaban J connectivity index is 1.31. The zero-order chi connectivity index (χ0) is 24.3. The zero-order valence-corrected chi connectivity index (χ0v) is 20.1. The van der Waals surface area contributed by atoms with Crippen LogP contribution in [0.3, 0.4) is 0 Å². The normalized spacial score (nSPS) is 16.1. The summed E-state index contributed by atoms with van der Waals surface area (Å²) in [5, 5.41) is 5.29. The fourth-order valence-corrected chi connectivity index (χ4v) is 5.71. The van der Waals surface area contributed by atoms with Crippen molar-refractivity contribution >= 4 is 27.5 Å². The van der Waals surface area contributed by atoms with E-state index < -0.39 is 27.6 Å². The van der Waals surface area contributed by atoms with Gasteiger partial charge in [0.25, 0.3) is 11.7 Å². The van der Waals surface area contributed by atoms with Crippen LogP contribution in [0.4, 0.5) is 5.69 Å². The first-order chi connectivity index (χ1) is 16.3. The van der Waals surface area contributed by atoms with Crippen molar-refractivity contribution in [3.05, 3.63) is 48.0 Å². The number of rotatable bonds is 8. The number of ether oxygens (including phenoxy) is 2. The lowest BCUT2D eigenvalue weighted by Crippen LogP contribution is -2.34. The highest BCUT2D eigenvalue weighted by Crippen LogP contribution is 2.47. The molecule has 9 nitrogen and oxygen atoms in total. The van der Waals surface area contributed by atoms with Gasteiger partial charge in [-0.25, -0.2) is 8.42 Å². The molecule has 2 aliphatic rings. The first kappa shape index (κ1) is 24.0. The molecule has 1 aliphatic carbocycles. The molecule has 2 aromatic carbocycles. The van der Waals surface area contributed by atoms with Gasteiger partial charge in [-0.1, -0.05) is 13.8 Å². The fraction of sp³-hybridized carbons (Fsp3) is 0.417. The van der Waals surface area contributed by atoms with Crippen molar-refractivity contribution in [2.24, 2.45) is 0 Å². The predicted octanol–water partition coefficient (Wildman–Crippen LogP) is 3.13. The van der Waals surface area contributed by atoms with Gasteiger partial charge in [-0.2, -0.15) is 4.31 Å². The van der Waals surface area contributed by atoms with Gasteiger partial charge in [0.05, 0.1) is 11.4 Å². The van der Waals surface area contributed by atoms with Gasteiger partial charge in [0.1, 0.15) is 0 Å². The van der Waals surface area contributed by atoms with Crippen molar-refractivity contribution in [3.63, 3.8) is 0 Å². The first-order valence-corrected chi connectivity index (χ1v) is 12.9. The van der Waals surface area contributed by atoms with Gasteiger partial charge in [-0.15, -0.1) is 0 Å². The lowest BCUT2D eigenvalue weighted by atomic mass is 10.2. The smallest absolute Gasteiger partial charge is 0.251 e. The SMILES string of the molecule is CCN(CC)S(=O)(=O)c1ccc(C(=O)NCC(=O)Nc2ccc3c(c2)OC2(CCCC2)O3)cc1. The number of nitrogens with one attached hydrogen (secondary N) is 2. The predicted molar refractivity (Wildman–Crippen MR) is 126 cm³/mol. The Hall–Kier alpha value is -3.11. The number of sulfonamides is 1. The summed E-state index contributed by atoms with van der Waals surface area (Å²) in [7, 11) is -3.60. The van der Waals surface area contributed by atoms with Crippen molar-refractivity contribution in [2.45, 2.75) is 50.2 Å². The molecule has 2 N–H and O–H groups in total. The molecule has 1 fully saturated rings. The Morgan fingerprint density at radius 2 is 1.62 bits per heavy atom. The molecule has 2 aromatic rings. The van der Waals surface area contributed by atoms with Gasteiger partial charge in [-0.05, 0) is 49.2 Å². The summed E-state index contributed by atoms with van der Waals surface area (Å²) in [6.07, 6.45) is 3.81. The summed E-state index contributed by atoms with van der Waals surface area (Å²) in [5.74, 6) is -0.179. The second-order valence-electron chi connectivity index (χ2n) is 8.33. The number of nitrogens with zero attached hydrogens (tertiary/aromatic N) is 1. The van der Waals surface area contributed by atoms with Gasteiger partial charge in [0.2, 0.25) is 15.9 Å². The van der Waals surface area contributed by atoms with Gasteiger partial charge in [-0.3, -0.25) is 9.59 Å². The summed E-state index contributed by atoms with van der Waals surface area (Å²) >= 11 is 0. The van der Waals surface area contributed by atoms with E-state index in [4.69, 9.17) is 9.47 Å². The van der Waals surface area contributed by atoms with Gasteiger partial charge in [0, 0.05) is 43.2 Å². The van der Waals surface area contributed by atoms with Crippen LogP contribution in [0.1, 0.15) is 49.9 Å². The van der Waals surface area contributed by atoms with Crippen LogP contribution in [0.15, 0.2) is 47.4 Å². The third-order valence-corrected chi connectivity index (χ3v) is 8.12. The second kappa shape index (κ2) is 9.63. The third-order valence-electron chi connectivity index (χ3n) is 6.05. The summed E-state index contributed by atoms with van der Waals surface area (Å²) in [4.78, 5) is 24.9. The van der Waals surface area contributed by atoms with E-state index in [-0.39, 0.29) is 17.0 Å². The van der Waals surface area contributed by atoms with Crippen LogP contribution in [-0.2, 0) is 14.8 Å². The van der Waals surface area contributed by atoms with E-state index >= 15 is 0 Å². The van der Waals surface area contributed by atoms with Crippen molar-refractivity contribution < 1.29 is 27.5 Å². The molecule has 2 amide bonds. The first-order valence-electron chi connectivity index (χ1n) is 11.5. The molecule has 0 bridgehead atoms. The summed E-state index contributed by atoms with van der Waals surface area (Å²) < 4.78 is 38.4. The fourth-order valence-electron chi connectivity index (χ4n) is 4.25. The zero-order valence-electron chi connectivity index (χ0n) is 19.3. The Kier molecular flexibility index (Phi) is 6.81. The van der Waals surface area contributed by atoms with Crippen molar-refractivity contribution in [2.75, 3.05) is 25.0 Å². The lowest BCUT2D eigenvalue weighted by Gasteiger charge is -2.21. The molecule has 10 heteroatoms. The molecule has 0 radical (unpaired) electrons. The third kappa shape index (κ3) is 4.88. The van der Waals surface area contributed by atoms with E-state index in [2.05, 4.69) is 10.6 Å². The van der Waals surface area contributed by atoms with Crippen LogP contribution in [0.5, 0.6) is 11.5 Å². The van der Waals surface area contributed by atoms with Crippen molar-refractivity contribution in [3.8, 4) is 11.5 Å². The average Bonchev–Trinajstić information content (AvgIpc) is 3.43. The van der Waals surface area contributed by atoms with Crippen LogP contribution >= 0.6 is 0 Å². The molecular formula is C24H29N3O6S. The standard InChI is InChI=1S/C24H29N3O6S/c1-3-27(4-2)34(30,31)19-10-7-17(8-11-19)23(29)25-16-22(28)26-18-9-12-20-21(15-18)33-24(32-20)13-5-6-14-24/h7-12,15H,3-6,13-14,16H2,1-2H3,(H,25,29)(H,26,28). The number of carbonyl (C=O) groups is 2. The number of amides is 2. The highest BCUT2D eigenvalue weighted by molar-refractivity contribution is 7.89. The van der Waals surface area contributed by atoms with E-state index in [1.807, 2.05) is 0 Å². The lowest BCUT2D eigenvalue weighted by molar-refractivity contribution is -0.115. The molecule has 1 heterocycles. The van der Waals surface area contributed by atoms with Crippen LogP contribution in [0.2, 0.25) is 0 Å². The number of anilines is 1. The minimum absolute atomic E-state index is 0.118. The maximum absolute atomic E-state index is 12.6. The van der Waals surface area contributed by atoms with Crippen molar-refractivity contribution in [1.82, 2.24) is 9.62 Å². The molecular weight excluding hydrogens is 458 g/mol. The quantitative estimate of drug-likeness (QED) is 0.591. The van der Waals surface area contributed by atoms with Crippen molar-refractivity contribution in [1.29, 1.82) is 0 Å². The minimum atomic E-state index is -3.60. The second-order valence-corrected chi connectivity index (χ2v) is 10.3. The monoisotopic (exact) mass is 487 g/mol. The number of carbonyl (C=O) groups excluding carboxylic acids is 2. The Morgan fingerprint density at radius 3 is 2.26 bits per heavy atom. The number of hydrogen-bond donors (Lipinski definition) is 2. The van der Waals surface area contributed by atoms with Gasteiger partial charge in [0.15, 0.2) is 11.5 Å². The van der Waals surface area contributed by atoms with E-state index in [1.165, 1.54) is 28.6 Å². The van der Waals surface area contributed by atoms with Crippen LogP contribution in [0, 0.1) is 0 Å². The Labute approximate surface area is 199 Å². The molecule has 0 atom stereocenters. The summed E-state index contributed by atoms with van der Waals surface area (Å²) in [5.41, 5.74) is 0.804. The average molecular weight is 488 g/mol. The van der Waals surface area contributed by atoms with E-state index in [9.17, 15) is 18.0 Å². The highest BCUT2D eigenvalue weighted by atomic mass is 32.2. The number of hydrogen-bond acceptors (Lipinski definition) is 6. The maximum atomic E-state index is 12.6. The number of fused-ring (bicyclic) bond motifs is 1. The largest absolute Gasteiger partial charge is 0.448 e. The minimum Gasteiger partial charge on any atom is -0.448 e. The summed E-state index contributed by atoms with van der Waals surface area (Å²) in [6, 6.07) is 10.9. The van der Waals surface area contributed by atoms with Gasteiger partial charge < -0.3 is 20.1 Å². The van der Waals surface area contributed by atoms with E-state index in [0.29, 0.717) is 30.3 Å². The Morgan fingerprint density at radius 1 is 0.971 bits per heavy atom. The van der Waals surface area contributed by atoms with Crippen LogP contribution in [0.25, 0.3) is 0 Å².